The number of ether oxygens (including phenoxy) is 1. The third-order valence-electron chi connectivity index (χ3n) is 3.38. The first-order valence-electron chi connectivity index (χ1n) is 7.26. The quantitative estimate of drug-likeness (QED) is 0.551. The predicted molar refractivity (Wildman–Crippen MR) is 109 cm³/mol. The van der Waals surface area contributed by atoms with Crippen molar-refractivity contribution >= 4 is 63.7 Å². The van der Waals surface area contributed by atoms with Crippen LogP contribution in [0.1, 0.15) is 17.6 Å². The summed E-state index contributed by atoms with van der Waals surface area (Å²) in [6.07, 6.45) is 2.39. The number of anilines is 1. The fraction of sp³-hybridized carbons (Fsp3) is 0.312. The van der Waals surface area contributed by atoms with Gasteiger partial charge in [0.25, 0.3) is 0 Å². The van der Waals surface area contributed by atoms with Crippen molar-refractivity contribution in [3.63, 3.8) is 0 Å². The molecule has 3 aromatic rings. The number of pyridine rings is 1. The van der Waals surface area contributed by atoms with Crippen molar-refractivity contribution < 1.29 is 9.15 Å². The third-order valence-corrected chi connectivity index (χ3v) is 4.79. The molecule has 0 aliphatic heterocycles. The van der Waals surface area contributed by atoms with Crippen LogP contribution in [0, 0.1) is 0 Å². The second-order valence-electron chi connectivity index (χ2n) is 5.34. The van der Waals surface area contributed by atoms with E-state index in [2.05, 4.69) is 10.3 Å². The van der Waals surface area contributed by atoms with E-state index in [4.69, 9.17) is 26.5 Å². The summed E-state index contributed by atoms with van der Waals surface area (Å²) in [7, 11) is 1.64. The average molecular weight is 425 g/mol. The molecular formula is C16H20Cl3N3O2S. The van der Waals surface area contributed by atoms with Gasteiger partial charge in [-0.3, -0.25) is 0 Å². The summed E-state index contributed by atoms with van der Waals surface area (Å²) in [5, 5.41) is 3.77. The molecule has 138 valence electrons. The summed E-state index contributed by atoms with van der Waals surface area (Å²) in [4.78, 5) is 5.50. The van der Waals surface area contributed by atoms with Crippen LogP contribution < -0.4 is 15.8 Å². The van der Waals surface area contributed by atoms with Gasteiger partial charge >= 0.3 is 0 Å². The maximum atomic E-state index is 6.18. The van der Waals surface area contributed by atoms with Crippen LogP contribution in [0.3, 0.4) is 0 Å². The van der Waals surface area contributed by atoms with E-state index < -0.39 is 0 Å². The molecule has 0 saturated heterocycles. The van der Waals surface area contributed by atoms with Gasteiger partial charge in [0.1, 0.15) is 16.4 Å². The minimum absolute atomic E-state index is 0. The van der Waals surface area contributed by atoms with E-state index in [9.17, 15) is 0 Å². The van der Waals surface area contributed by atoms with Crippen molar-refractivity contribution in [2.75, 3.05) is 12.4 Å². The van der Waals surface area contributed by atoms with Gasteiger partial charge in [-0.1, -0.05) is 11.6 Å². The summed E-state index contributed by atoms with van der Waals surface area (Å²) in [6, 6.07) is 5.65. The van der Waals surface area contributed by atoms with Crippen LogP contribution in [-0.4, -0.2) is 18.1 Å². The number of methoxy groups -OCH3 is 1. The lowest BCUT2D eigenvalue weighted by atomic mass is 10.2. The van der Waals surface area contributed by atoms with Gasteiger partial charge in [0.05, 0.1) is 35.2 Å². The lowest BCUT2D eigenvalue weighted by Gasteiger charge is -2.07. The molecule has 3 heterocycles. The molecule has 0 amide bonds. The van der Waals surface area contributed by atoms with Crippen LogP contribution in [0.25, 0.3) is 10.2 Å². The van der Waals surface area contributed by atoms with Crippen molar-refractivity contribution in [3.8, 4) is 5.75 Å². The fourth-order valence-corrected chi connectivity index (χ4v) is 3.96. The maximum absolute atomic E-state index is 6.18. The third kappa shape index (κ3) is 4.92. The van der Waals surface area contributed by atoms with Crippen LogP contribution in [0.4, 0.5) is 5.69 Å². The molecule has 5 nitrogen and oxygen atoms in total. The molecule has 0 bridgehead atoms. The Bertz CT molecular complexity index is 807. The summed E-state index contributed by atoms with van der Waals surface area (Å²) in [5.74, 6) is 1.61. The van der Waals surface area contributed by atoms with Crippen LogP contribution in [0.5, 0.6) is 5.75 Å². The van der Waals surface area contributed by atoms with Crippen LogP contribution in [-0.2, 0) is 13.0 Å². The van der Waals surface area contributed by atoms with E-state index in [1.54, 1.807) is 24.7 Å². The number of hydrogen-bond donors (Lipinski definition) is 2. The first-order chi connectivity index (χ1) is 11.1. The summed E-state index contributed by atoms with van der Waals surface area (Å²) in [5.41, 5.74) is 7.62. The standard InChI is InChI=1S/C16H18ClN3O2S.2ClH/c1-9(18)6-12-15(21-2)14-16(23-12)11(7-13(17)20-14)19-8-10-4-3-5-22-10;;/h3-5,7,9H,6,8,18H2,1-2H3,(H,19,20);2*1H/t9-;;/m0../s1. The van der Waals surface area contributed by atoms with Crippen molar-refractivity contribution in [1.82, 2.24) is 4.98 Å². The molecule has 25 heavy (non-hydrogen) atoms. The van der Waals surface area contributed by atoms with Gasteiger partial charge in [-0.2, -0.15) is 0 Å². The first kappa shape index (κ1) is 21.9. The number of aromatic nitrogens is 1. The van der Waals surface area contributed by atoms with E-state index >= 15 is 0 Å². The van der Waals surface area contributed by atoms with Crippen molar-refractivity contribution in [1.29, 1.82) is 0 Å². The monoisotopic (exact) mass is 423 g/mol. The SMILES string of the molecule is COc1c(C[C@H](C)N)sc2c(NCc3ccco3)cc(Cl)nc12.Cl.Cl. The molecule has 0 spiro atoms. The summed E-state index contributed by atoms with van der Waals surface area (Å²) in [6.45, 7) is 2.55. The molecule has 0 saturated carbocycles. The molecular weight excluding hydrogens is 405 g/mol. The number of nitrogens with one attached hydrogen (secondary N) is 1. The highest BCUT2D eigenvalue weighted by Gasteiger charge is 2.19. The second-order valence-corrected chi connectivity index (χ2v) is 6.84. The van der Waals surface area contributed by atoms with E-state index in [1.165, 1.54) is 0 Å². The normalized spacial score (nSPS) is 11.5. The van der Waals surface area contributed by atoms with Gasteiger partial charge in [-0.05, 0) is 19.1 Å². The zero-order valence-electron chi connectivity index (χ0n) is 13.7. The zero-order chi connectivity index (χ0) is 16.4. The van der Waals surface area contributed by atoms with Crippen LogP contribution >= 0.6 is 47.8 Å². The highest BCUT2D eigenvalue weighted by atomic mass is 35.5. The molecule has 3 aromatic heterocycles. The molecule has 9 heteroatoms. The Hall–Kier alpha value is -1.18. The lowest BCUT2D eigenvalue weighted by Crippen LogP contribution is -2.17. The first-order valence-corrected chi connectivity index (χ1v) is 8.45. The molecule has 0 aromatic carbocycles. The van der Waals surface area contributed by atoms with Gasteiger partial charge in [-0.25, -0.2) is 4.98 Å². The van der Waals surface area contributed by atoms with E-state index in [0.717, 1.165) is 38.7 Å². The predicted octanol–water partition coefficient (Wildman–Crippen LogP) is 4.90. The number of fused-ring (bicyclic) bond motifs is 1. The van der Waals surface area contributed by atoms with E-state index in [0.29, 0.717) is 11.7 Å². The summed E-state index contributed by atoms with van der Waals surface area (Å²) < 4.78 is 11.9. The van der Waals surface area contributed by atoms with Crippen LogP contribution in [0.15, 0.2) is 28.9 Å². The van der Waals surface area contributed by atoms with Gasteiger partial charge < -0.3 is 20.2 Å². The number of halogens is 3. The van der Waals surface area contributed by atoms with Gasteiger partial charge in [0.15, 0.2) is 5.75 Å². The number of nitrogens with two attached hydrogens (primary N) is 1. The Morgan fingerprint density at radius 2 is 2.20 bits per heavy atom. The minimum Gasteiger partial charge on any atom is -0.493 e. The van der Waals surface area contributed by atoms with Crippen molar-refractivity contribution in [3.05, 3.63) is 40.3 Å². The number of hydrogen-bond acceptors (Lipinski definition) is 6. The zero-order valence-corrected chi connectivity index (χ0v) is 17.0. The molecule has 0 fully saturated rings. The Labute approximate surface area is 167 Å². The smallest absolute Gasteiger partial charge is 0.159 e. The van der Waals surface area contributed by atoms with Gasteiger partial charge in [0, 0.05) is 18.5 Å². The average Bonchev–Trinajstić information content (AvgIpc) is 3.11. The Morgan fingerprint density at radius 1 is 1.44 bits per heavy atom. The van der Waals surface area contributed by atoms with Crippen molar-refractivity contribution in [2.24, 2.45) is 5.73 Å². The molecule has 1 atom stereocenters. The molecule has 3 rings (SSSR count). The fourth-order valence-electron chi connectivity index (χ4n) is 2.43. The Kier molecular flexibility index (Phi) is 8.31. The topological polar surface area (TPSA) is 73.3 Å². The molecule has 0 aliphatic rings. The van der Waals surface area contributed by atoms with E-state index in [1.807, 2.05) is 25.1 Å². The number of thiophene rings is 1. The lowest BCUT2D eigenvalue weighted by molar-refractivity contribution is 0.415. The number of rotatable bonds is 6. The van der Waals surface area contributed by atoms with Crippen LogP contribution in [0.2, 0.25) is 5.15 Å². The van der Waals surface area contributed by atoms with Crippen molar-refractivity contribution in [2.45, 2.75) is 25.9 Å². The minimum atomic E-state index is 0. The molecule has 0 radical (unpaired) electrons. The highest BCUT2D eigenvalue weighted by molar-refractivity contribution is 7.20. The summed E-state index contributed by atoms with van der Waals surface area (Å²) >= 11 is 7.81. The van der Waals surface area contributed by atoms with Gasteiger partial charge in [-0.15, -0.1) is 36.2 Å². The number of nitrogens with zero attached hydrogens (tertiary/aromatic N) is 1. The van der Waals surface area contributed by atoms with E-state index in [-0.39, 0.29) is 30.9 Å². The Morgan fingerprint density at radius 3 is 2.80 bits per heavy atom. The maximum Gasteiger partial charge on any atom is 0.159 e. The highest BCUT2D eigenvalue weighted by Crippen LogP contribution is 2.42. The Balaban J connectivity index is 0.00000156. The molecule has 0 aliphatic carbocycles. The second kappa shape index (κ2) is 9.50. The van der Waals surface area contributed by atoms with Gasteiger partial charge in [0.2, 0.25) is 0 Å². The number of furan rings is 1. The largest absolute Gasteiger partial charge is 0.493 e. The molecule has 3 N–H and O–H groups in total. The molecule has 0 unspecified atom stereocenters.